The van der Waals surface area contributed by atoms with Crippen LogP contribution in [0, 0.1) is 125 Å². The molecule has 0 fully saturated rings. The number of hydrogen-bond donors (Lipinski definition) is 0. The molecule has 0 bridgehead atoms. The molecule has 0 aliphatic heterocycles. The molecule has 0 N–H and O–H groups in total. The molecular formula is Ce3O49Ti4-73. The maximum atomic E-state index is 0. The van der Waals surface area contributed by atoms with Crippen LogP contribution >= 0.6 is 0 Å². The summed E-state index contributed by atoms with van der Waals surface area (Å²) in [6.07, 6.45) is 0. The van der Waals surface area contributed by atoms with Crippen LogP contribution in [-0.2, 0) is 355 Å². The number of rotatable bonds is 0. The molecule has 0 amide bonds. The SMILES string of the molecule is [Ce+3].[Ce+3].[Ce+3].[O-2].[O-2].[O-2].[O-2].[O-2].[O-2].[O-2].[O-2].[O-2].[O-2].[O-2].[O-2].[O-2].[O-2].[O-2].[O-2].[O-2].[O-2].[O-2].[O-2].[O-2].[O-2].[O-2].[O-2].[O-2].[O-2].[O-2].[O-2].[O-2].[O-2].[O-2].[O-2].[O-2].[O-2].[O-2].[O-2].[O-2].[O-2].[O-2].[O-2].[O-2].[O-2].[O-2].[O-2].[O-2].[O-2].[O-2].[O-2].[O-2].[Ti+4].[Ti+4].[Ti+4].[Ti+4]. The zero-order valence-corrected chi connectivity index (χ0v) is 39.2. The third kappa shape index (κ3) is 7860. The minimum atomic E-state index is 0. The molecule has 56 heavy (non-hydrogen) atoms. The summed E-state index contributed by atoms with van der Waals surface area (Å²) in [6.45, 7) is 0. The van der Waals surface area contributed by atoms with Gasteiger partial charge in [-0.1, -0.05) is 0 Å². The first-order valence-electron chi connectivity index (χ1n) is 0. The van der Waals surface area contributed by atoms with Crippen LogP contribution in [0.15, 0.2) is 0 Å². The van der Waals surface area contributed by atoms with Crippen molar-refractivity contribution in [3.05, 3.63) is 0 Å². The van der Waals surface area contributed by atoms with E-state index >= 15 is 0 Å². The topological polar surface area (TPSA) is 1400 Å². The minimum absolute atomic E-state index is 0. The van der Waals surface area contributed by atoms with Crippen molar-refractivity contribution in [1.82, 2.24) is 0 Å². The maximum Gasteiger partial charge on any atom is 4.00 e. The molecule has 0 spiro atoms. The van der Waals surface area contributed by atoms with Crippen LogP contribution in [0.25, 0.3) is 0 Å². The first-order valence-corrected chi connectivity index (χ1v) is 0. The summed E-state index contributed by atoms with van der Waals surface area (Å²) < 4.78 is 0. The predicted octanol–water partition coefficient (Wildman–Crippen LogP) is -5.83. The Bertz CT molecular complexity index is 37.3. The fraction of sp³-hybridized carbons (Fsp3) is 0. The van der Waals surface area contributed by atoms with Gasteiger partial charge in [-0.05, 0) is 0 Å². The van der Waals surface area contributed by atoms with Gasteiger partial charge in [-0.2, -0.15) is 0 Å². The summed E-state index contributed by atoms with van der Waals surface area (Å²) in [5, 5.41) is 0. The Morgan fingerprint density at radius 1 is 0.0536 bits per heavy atom. The summed E-state index contributed by atoms with van der Waals surface area (Å²) in [5.41, 5.74) is 0. The molecule has 395 valence electrons. The minimum Gasteiger partial charge on any atom is -2.00 e. The van der Waals surface area contributed by atoms with Gasteiger partial charge in [-0.3, -0.25) is 0 Å². The second-order valence-corrected chi connectivity index (χ2v) is 0. The van der Waals surface area contributed by atoms with Gasteiger partial charge in [0.15, 0.2) is 0 Å². The normalized spacial score (nSPS) is 0. The Hall–Kier alpha value is 5.03. The molecule has 0 atom stereocenters. The van der Waals surface area contributed by atoms with Gasteiger partial charge in [0.2, 0.25) is 0 Å². The molecule has 0 aromatic rings. The van der Waals surface area contributed by atoms with Crippen molar-refractivity contribution in [3.63, 3.8) is 0 Å². The van der Waals surface area contributed by atoms with Gasteiger partial charge in [0.25, 0.3) is 0 Å². The smallest absolute Gasteiger partial charge is 2.00 e. The molecule has 0 aromatic carbocycles. The van der Waals surface area contributed by atoms with E-state index < -0.39 is 0 Å². The van der Waals surface area contributed by atoms with Crippen LogP contribution in [0.5, 0.6) is 0 Å². The van der Waals surface area contributed by atoms with Crippen molar-refractivity contribution in [1.29, 1.82) is 0 Å². The van der Waals surface area contributed by atoms with Crippen molar-refractivity contribution in [2.75, 3.05) is 0 Å². The molecule has 3 radical (unpaired) electrons. The van der Waals surface area contributed by atoms with E-state index in [0.717, 1.165) is 0 Å². The Kier molecular flexibility index (Phi) is 1290000. The van der Waals surface area contributed by atoms with E-state index in [1.54, 1.807) is 0 Å². The van der Waals surface area contributed by atoms with Gasteiger partial charge in [-0.15, -0.1) is 0 Å². The van der Waals surface area contributed by atoms with Gasteiger partial charge >= 0.3 is 212 Å². The first-order chi connectivity index (χ1) is 0. The average Bonchev–Trinajstić information content (AvgIpc) is 0. The molecule has 56 heteroatoms. The molecule has 0 saturated heterocycles. The van der Waals surface area contributed by atoms with Crippen molar-refractivity contribution < 1.29 is 480 Å². The molecule has 0 unspecified atom stereocenters. The largest absolute Gasteiger partial charge is 4.00 e. The van der Waals surface area contributed by atoms with E-state index in [1.807, 2.05) is 0 Å². The molecule has 0 heterocycles. The second kappa shape index (κ2) is 8280. The van der Waals surface area contributed by atoms with E-state index in [1.165, 1.54) is 0 Å². The predicted molar refractivity (Wildman–Crippen MR) is 33.6 cm³/mol. The van der Waals surface area contributed by atoms with Crippen molar-refractivity contribution in [3.8, 4) is 0 Å². The average molecular weight is 1400 g/mol. The molecule has 0 saturated carbocycles. The Balaban J connectivity index is 0. The maximum absolute atomic E-state index is 0. The van der Waals surface area contributed by atoms with E-state index in [0.29, 0.717) is 0 Å². The Morgan fingerprint density at radius 3 is 0.0536 bits per heavy atom. The first kappa shape index (κ1) is 8700. The molecule has 0 aliphatic carbocycles. The van der Waals surface area contributed by atoms with Crippen LogP contribution in [0.1, 0.15) is 0 Å². The summed E-state index contributed by atoms with van der Waals surface area (Å²) in [5.74, 6) is 0. The summed E-state index contributed by atoms with van der Waals surface area (Å²) in [6, 6.07) is 0. The van der Waals surface area contributed by atoms with Gasteiger partial charge in [0, 0.05) is 0 Å². The standard InChI is InChI=1S/3Ce.49O.4Ti/q3*+3;49*-2;4*+4. The molecule has 0 aromatic heterocycles. The number of hydrogen-bond acceptors (Lipinski definition) is 0. The molecule has 0 aliphatic rings. The van der Waals surface area contributed by atoms with Crippen LogP contribution in [0.4, 0.5) is 0 Å². The summed E-state index contributed by atoms with van der Waals surface area (Å²) in [7, 11) is 0. The fourth-order valence-electron chi connectivity index (χ4n) is 0. The summed E-state index contributed by atoms with van der Waals surface area (Å²) in [4.78, 5) is 0. The second-order valence-electron chi connectivity index (χ2n) is 0. The fourth-order valence-corrected chi connectivity index (χ4v) is 0. The third-order valence-corrected chi connectivity index (χ3v) is 0. The Labute approximate surface area is 474 Å². The van der Waals surface area contributed by atoms with E-state index in [4.69, 9.17) is 0 Å². The summed E-state index contributed by atoms with van der Waals surface area (Å²) >= 11 is 0. The van der Waals surface area contributed by atoms with E-state index in [-0.39, 0.29) is 480 Å². The van der Waals surface area contributed by atoms with Gasteiger partial charge < -0.3 is 268 Å². The zero-order valence-electron chi connectivity index (χ0n) is 23.5. The van der Waals surface area contributed by atoms with Crippen LogP contribution in [0.3, 0.4) is 0 Å². The molecule has 49 nitrogen and oxygen atoms in total. The quantitative estimate of drug-likeness (QED) is 0.205. The van der Waals surface area contributed by atoms with Gasteiger partial charge in [0.1, 0.15) is 0 Å². The zero-order chi connectivity index (χ0) is 0. The van der Waals surface area contributed by atoms with Gasteiger partial charge in [0.05, 0.1) is 0 Å². The van der Waals surface area contributed by atoms with Crippen LogP contribution in [-0.4, -0.2) is 0 Å². The third-order valence-electron chi connectivity index (χ3n) is 0. The van der Waals surface area contributed by atoms with Crippen molar-refractivity contribution in [2.45, 2.75) is 0 Å². The molecule has 0 rings (SSSR count). The van der Waals surface area contributed by atoms with Crippen molar-refractivity contribution in [2.24, 2.45) is 0 Å². The van der Waals surface area contributed by atoms with E-state index in [9.17, 15) is 0 Å². The van der Waals surface area contributed by atoms with Crippen LogP contribution in [0.2, 0.25) is 0 Å². The van der Waals surface area contributed by atoms with Gasteiger partial charge in [-0.25, -0.2) is 0 Å². The Morgan fingerprint density at radius 2 is 0.0536 bits per heavy atom. The molecular weight excluding hydrogens is 1400 g/mol. The monoisotopic (exact) mass is 1400 g/mol. The van der Waals surface area contributed by atoms with Crippen LogP contribution < -0.4 is 0 Å². The van der Waals surface area contributed by atoms with E-state index in [2.05, 4.69) is 0 Å². The van der Waals surface area contributed by atoms with Crippen molar-refractivity contribution >= 4 is 0 Å².